The molecule has 31 heavy (non-hydrogen) atoms. The second kappa shape index (κ2) is 8.74. The number of thioether (sulfide) groups is 1. The van der Waals surface area contributed by atoms with Crippen molar-refractivity contribution in [2.45, 2.75) is 50.9 Å². The monoisotopic (exact) mass is 439 g/mol. The minimum absolute atomic E-state index is 0.0784. The predicted molar refractivity (Wildman–Crippen MR) is 124 cm³/mol. The van der Waals surface area contributed by atoms with Gasteiger partial charge in [0.05, 0.1) is 28.0 Å². The number of benzene rings is 1. The summed E-state index contributed by atoms with van der Waals surface area (Å²) < 4.78 is 3.85. The number of nitrogens with zero attached hydrogens (tertiary/aromatic N) is 6. The number of carbonyl (C=O) groups is 1. The van der Waals surface area contributed by atoms with E-state index >= 15 is 0 Å². The van der Waals surface area contributed by atoms with E-state index in [9.17, 15) is 4.79 Å². The first kappa shape index (κ1) is 21.4. The SMILES string of the molecule is Cc1ccc(-n2c(S[C@H](C)C(=O)Nc3c(C)nn(C)c3C)nnc2N2CCCC2)cc1. The van der Waals surface area contributed by atoms with Crippen molar-refractivity contribution >= 4 is 29.3 Å². The average Bonchev–Trinajstić information content (AvgIpc) is 3.46. The lowest BCUT2D eigenvalue weighted by Gasteiger charge is -2.19. The molecule has 8 nitrogen and oxygen atoms in total. The number of anilines is 2. The lowest BCUT2D eigenvalue weighted by atomic mass is 10.2. The lowest BCUT2D eigenvalue weighted by molar-refractivity contribution is -0.115. The minimum Gasteiger partial charge on any atom is -0.341 e. The first-order valence-corrected chi connectivity index (χ1v) is 11.5. The standard InChI is InChI=1S/C22H29N7OS/c1-14-8-10-18(11-9-14)29-21(28-12-6-7-13-28)24-25-22(29)31-17(4)20(30)23-19-15(2)26-27(5)16(19)3/h8-11,17H,6-7,12-13H2,1-5H3,(H,23,30)/t17-/m1/s1. The van der Waals surface area contributed by atoms with E-state index in [1.165, 1.54) is 17.3 Å². The van der Waals surface area contributed by atoms with Crippen molar-refractivity contribution in [3.63, 3.8) is 0 Å². The molecule has 4 rings (SSSR count). The fourth-order valence-corrected chi connectivity index (χ4v) is 4.63. The highest BCUT2D eigenvalue weighted by atomic mass is 32.2. The van der Waals surface area contributed by atoms with Crippen LogP contribution in [0.5, 0.6) is 0 Å². The summed E-state index contributed by atoms with van der Waals surface area (Å²) in [7, 11) is 1.88. The maximum Gasteiger partial charge on any atom is 0.237 e. The second-order valence-corrected chi connectivity index (χ2v) is 9.37. The van der Waals surface area contributed by atoms with Gasteiger partial charge in [-0.1, -0.05) is 29.5 Å². The molecule has 3 heterocycles. The van der Waals surface area contributed by atoms with Gasteiger partial charge in [-0.15, -0.1) is 10.2 Å². The van der Waals surface area contributed by atoms with Crippen LogP contribution < -0.4 is 10.2 Å². The third kappa shape index (κ3) is 4.32. The van der Waals surface area contributed by atoms with Crippen molar-refractivity contribution in [1.29, 1.82) is 0 Å². The molecule has 1 amide bonds. The van der Waals surface area contributed by atoms with Crippen LogP contribution in [0.2, 0.25) is 0 Å². The van der Waals surface area contributed by atoms with E-state index < -0.39 is 0 Å². The number of nitrogens with one attached hydrogen (secondary N) is 1. The molecular formula is C22H29N7OS. The van der Waals surface area contributed by atoms with Crippen LogP contribution in [-0.2, 0) is 11.8 Å². The molecule has 0 aliphatic carbocycles. The maximum absolute atomic E-state index is 12.9. The molecule has 2 aromatic heterocycles. The highest BCUT2D eigenvalue weighted by Crippen LogP contribution is 2.31. The molecule has 1 N–H and O–H groups in total. The Balaban J connectivity index is 1.60. The van der Waals surface area contributed by atoms with Gasteiger partial charge in [-0.2, -0.15) is 5.10 Å². The van der Waals surface area contributed by atoms with E-state index in [-0.39, 0.29) is 11.2 Å². The molecule has 1 aliphatic rings. The Bertz CT molecular complexity index is 1080. The number of aromatic nitrogens is 5. The number of amides is 1. The number of rotatable bonds is 6. The zero-order chi connectivity index (χ0) is 22.1. The van der Waals surface area contributed by atoms with Gasteiger partial charge in [-0.25, -0.2) is 0 Å². The highest BCUT2D eigenvalue weighted by molar-refractivity contribution is 8.00. The van der Waals surface area contributed by atoms with E-state index in [1.54, 1.807) is 4.68 Å². The molecule has 1 aliphatic heterocycles. The normalized spacial score (nSPS) is 14.8. The Morgan fingerprint density at radius 1 is 1.10 bits per heavy atom. The molecule has 0 unspecified atom stereocenters. The molecule has 1 fully saturated rings. The summed E-state index contributed by atoms with van der Waals surface area (Å²) in [5.74, 6) is 0.765. The number of carbonyl (C=O) groups excluding carboxylic acids is 1. The van der Waals surface area contributed by atoms with Gasteiger partial charge < -0.3 is 10.2 Å². The smallest absolute Gasteiger partial charge is 0.237 e. The first-order chi connectivity index (χ1) is 14.8. The van der Waals surface area contributed by atoms with E-state index in [0.29, 0.717) is 5.16 Å². The molecule has 0 bridgehead atoms. The molecule has 1 aromatic carbocycles. The van der Waals surface area contributed by atoms with Crippen LogP contribution in [-0.4, -0.2) is 48.8 Å². The molecule has 0 spiro atoms. The average molecular weight is 440 g/mol. The van der Waals surface area contributed by atoms with Crippen molar-refractivity contribution in [3.8, 4) is 5.69 Å². The van der Waals surface area contributed by atoms with Gasteiger partial charge in [0.15, 0.2) is 5.16 Å². The lowest BCUT2D eigenvalue weighted by Crippen LogP contribution is -2.24. The minimum atomic E-state index is -0.348. The maximum atomic E-state index is 12.9. The van der Waals surface area contributed by atoms with Crippen LogP contribution in [0, 0.1) is 20.8 Å². The Kier molecular flexibility index (Phi) is 6.04. The van der Waals surface area contributed by atoms with Crippen LogP contribution in [0.3, 0.4) is 0 Å². The summed E-state index contributed by atoms with van der Waals surface area (Å²) in [5.41, 5.74) is 4.72. The summed E-state index contributed by atoms with van der Waals surface area (Å²) in [6, 6.07) is 8.33. The molecule has 164 valence electrons. The van der Waals surface area contributed by atoms with Crippen molar-refractivity contribution in [1.82, 2.24) is 24.5 Å². The van der Waals surface area contributed by atoms with Crippen LogP contribution in [0.15, 0.2) is 29.4 Å². The van der Waals surface area contributed by atoms with Crippen LogP contribution in [0.1, 0.15) is 36.7 Å². The summed E-state index contributed by atoms with van der Waals surface area (Å²) >= 11 is 1.42. The van der Waals surface area contributed by atoms with Gasteiger partial charge in [0.2, 0.25) is 11.9 Å². The van der Waals surface area contributed by atoms with E-state index in [2.05, 4.69) is 61.3 Å². The molecule has 3 aromatic rings. The van der Waals surface area contributed by atoms with Crippen molar-refractivity contribution in [2.75, 3.05) is 23.3 Å². The van der Waals surface area contributed by atoms with E-state index in [1.807, 2.05) is 27.8 Å². The van der Waals surface area contributed by atoms with Crippen LogP contribution in [0.25, 0.3) is 5.69 Å². The summed E-state index contributed by atoms with van der Waals surface area (Å²) in [4.78, 5) is 15.2. The van der Waals surface area contributed by atoms with Crippen LogP contribution in [0.4, 0.5) is 11.6 Å². The third-order valence-corrected chi connectivity index (χ3v) is 6.75. The highest BCUT2D eigenvalue weighted by Gasteiger charge is 2.26. The fourth-order valence-electron chi connectivity index (χ4n) is 3.77. The first-order valence-electron chi connectivity index (χ1n) is 10.6. The van der Waals surface area contributed by atoms with Gasteiger partial charge in [-0.3, -0.25) is 14.0 Å². The van der Waals surface area contributed by atoms with E-state index in [4.69, 9.17) is 0 Å². The van der Waals surface area contributed by atoms with Gasteiger partial charge in [-0.05, 0) is 52.7 Å². The molecule has 9 heteroatoms. The zero-order valence-electron chi connectivity index (χ0n) is 18.7. The summed E-state index contributed by atoms with van der Waals surface area (Å²) in [5, 5.41) is 16.7. The molecule has 1 saturated heterocycles. The third-order valence-electron chi connectivity index (χ3n) is 5.71. The zero-order valence-corrected chi connectivity index (χ0v) is 19.5. The molecular weight excluding hydrogens is 410 g/mol. The fraction of sp³-hybridized carbons (Fsp3) is 0.455. The molecule has 1 atom stereocenters. The Hall–Kier alpha value is -2.81. The van der Waals surface area contributed by atoms with Crippen LogP contribution >= 0.6 is 11.8 Å². The van der Waals surface area contributed by atoms with Crippen molar-refractivity contribution in [3.05, 3.63) is 41.2 Å². The van der Waals surface area contributed by atoms with Gasteiger partial charge in [0.1, 0.15) is 0 Å². The Morgan fingerprint density at radius 3 is 2.39 bits per heavy atom. The molecule has 0 saturated carbocycles. The second-order valence-electron chi connectivity index (χ2n) is 8.07. The van der Waals surface area contributed by atoms with Gasteiger partial charge >= 0.3 is 0 Å². The van der Waals surface area contributed by atoms with E-state index in [0.717, 1.165) is 54.6 Å². The summed E-state index contributed by atoms with van der Waals surface area (Å²) in [6.07, 6.45) is 2.32. The van der Waals surface area contributed by atoms with Crippen molar-refractivity contribution < 1.29 is 4.79 Å². The Labute approximate surface area is 187 Å². The molecule has 0 radical (unpaired) electrons. The quantitative estimate of drug-likeness (QED) is 0.591. The van der Waals surface area contributed by atoms with Gasteiger partial charge in [0.25, 0.3) is 0 Å². The van der Waals surface area contributed by atoms with Gasteiger partial charge in [0, 0.05) is 20.1 Å². The topological polar surface area (TPSA) is 80.9 Å². The predicted octanol–water partition coefficient (Wildman–Crippen LogP) is 3.65. The number of hydrogen-bond donors (Lipinski definition) is 1. The number of hydrogen-bond acceptors (Lipinski definition) is 6. The largest absolute Gasteiger partial charge is 0.341 e. The summed E-state index contributed by atoms with van der Waals surface area (Å²) in [6.45, 7) is 9.77. The Morgan fingerprint density at radius 2 is 1.77 bits per heavy atom. The van der Waals surface area contributed by atoms with Crippen molar-refractivity contribution in [2.24, 2.45) is 7.05 Å². The number of aryl methyl sites for hydroxylation is 3.